The van der Waals surface area contributed by atoms with Crippen molar-refractivity contribution in [3.63, 3.8) is 0 Å². The van der Waals surface area contributed by atoms with Gasteiger partial charge in [-0.25, -0.2) is 4.39 Å². The van der Waals surface area contributed by atoms with E-state index in [1.165, 1.54) is 18.2 Å². The van der Waals surface area contributed by atoms with Crippen LogP contribution in [0.3, 0.4) is 0 Å². The molecule has 1 aliphatic rings. The van der Waals surface area contributed by atoms with E-state index in [4.69, 9.17) is 27.8 Å². The van der Waals surface area contributed by atoms with E-state index in [1.807, 2.05) is 0 Å². The maximum atomic E-state index is 13.3. The van der Waals surface area contributed by atoms with Crippen molar-refractivity contribution in [3.8, 4) is 0 Å². The van der Waals surface area contributed by atoms with Crippen molar-refractivity contribution in [1.82, 2.24) is 5.32 Å². The highest BCUT2D eigenvalue weighted by Crippen LogP contribution is 2.22. The molecule has 1 aliphatic heterocycles. The number of hydrogen-bond donors (Lipinski definition) is 3. The Labute approximate surface area is 144 Å². The highest BCUT2D eigenvalue weighted by Gasteiger charge is 2.23. The zero-order valence-electron chi connectivity index (χ0n) is 13.3. The summed E-state index contributed by atoms with van der Waals surface area (Å²) in [4.78, 5) is 16.5. The second-order valence-corrected chi connectivity index (χ2v) is 5.83. The number of benzene rings is 1. The average Bonchev–Trinajstić information content (AvgIpc) is 2.55. The molecule has 0 saturated carbocycles. The molecule has 0 radical (unpaired) electrons. The SMILES string of the molecule is COCCC1CNCC(C(C(N)=O)=C(N)c2ccc(F)c(Cl)c2)=N1. The van der Waals surface area contributed by atoms with E-state index in [-0.39, 0.29) is 22.3 Å². The summed E-state index contributed by atoms with van der Waals surface area (Å²) in [6, 6.07) is 3.95. The Kier molecular flexibility index (Phi) is 6.30. The number of methoxy groups -OCH3 is 1. The lowest BCUT2D eigenvalue weighted by atomic mass is 10.00. The van der Waals surface area contributed by atoms with Gasteiger partial charge in [0.25, 0.3) is 5.91 Å². The fourth-order valence-corrected chi connectivity index (χ4v) is 2.66. The average molecular weight is 355 g/mol. The Balaban J connectivity index is 2.41. The van der Waals surface area contributed by atoms with Crippen LogP contribution in [0.5, 0.6) is 0 Å². The fourth-order valence-electron chi connectivity index (χ4n) is 2.48. The number of halogens is 2. The van der Waals surface area contributed by atoms with E-state index in [0.29, 0.717) is 37.4 Å². The maximum absolute atomic E-state index is 13.3. The molecule has 1 aromatic carbocycles. The van der Waals surface area contributed by atoms with Crippen LogP contribution in [0.25, 0.3) is 5.70 Å². The Bertz CT molecular complexity index is 691. The second kappa shape index (κ2) is 8.23. The summed E-state index contributed by atoms with van der Waals surface area (Å²) in [5.74, 6) is -1.26. The topological polar surface area (TPSA) is 103 Å². The third-order valence-electron chi connectivity index (χ3n) is 3.70. The predicted molar refractivity (Wildman–Crippen MR) is 92.3 cm³/mol. The van der Waals surface area contributed by atoms with Gasteiger partial charge in [0.05, 0.1) is 28.0 Å². The summed E-state index contributed by atoms with van der Waals surface area (Å²) in [6.07, 6.45) is 0.710. The third kappa shape index (κ3) is 4.31. The molecule has 8 heteroatoms. The van der Waals surface area contributed by atoms with Crippen molar-refractivity contribution in [3.05, 3.63) is 40.2 Å². The Hall–Kier alpha value is -1.96. The molecule has 1 aromatic rings. The van der Waals surface area contributed by atoms with E-state index in [0.717, 1.165) is 0 Å². The molecule has 5 N–H and O–H groups in total. The monoisotopic (exact) mass is 354 g/mol. The van der Waals surface area contributed by atoms with Gasteiger partial charge in [-0.15, -0.1) is 0 Å². The number of hydrogen-bond acceptors (Lipinski definition) is 5. The molecule has 0 bridgehead atoms. The van der Waals surface area contributed by atoms with E-state index < -0.39 is 11.7 Å². The van der Waals surface area contributed by atoms with Crippen molar-refractivity contribution in [2.45, 2.75) is 12.5 Å². The number of nitrogens with zero attached hydrogens (tertiary/aromatic N) is 1. The number of carbonyl (C=O) groups is 1. The molecule has 1 unspecified atom stereocenters. The number of nitrogens with one attached hydrogen (secondary N) is 1. The number of amides is 1. The maximum Gasteiger partial charge on any atom is 0.252 e. The first-order chi connectivity index (χ1) is 11.4. The van der Waals surface area contributed by atoms with Gasteiger partial charge >= 0.3 is 0 Å². The van der Waals surface area contributed by atoms with Crippen molar-refractivity contribution in [2.75, 3.05) is 26.8 Å². The summed E-state index contributed by atoms with van der Waals surface area (Å²) in [6.45, 7) is 1.61. The van der Waals surface area contributed by atoms with Crippen molar-refractivity contribution < 1.29 is 13.9 Å². The smallest absolute Gasteiger partial charge is 0.252 e. The van der Waals surface area contributed by atoms with Crippen LogP contribution in [0.2, 0.25) is 5.02 Å². The molecular formula is C16H20ClFN4O2. The van der Waals surface area contributed by atoms with Crippen LogP contribution in [0.15, 0.2) is 28.8 Å². The van der Waals surface area contributed by atoms with E-state index in [1.54, 1.807) is 7.11 Å². The number of nitrogens with two attached hydrogens (primary N) is 2. The van der Waals surface area contributed by atoms with Crippen LogP contribution in [-0.2, 0) is 9.53 Å². The molecule has 24 heavy (non-hydrogen) atoms. The Morgan fingerprint density at radius 1 is 1.50 bits per heavy atom. The summed E-state index contributed by atoms with van der Waals surface area (Å²) >= 11 is 5.78. The van der Waals surface area contributed by atoms with Gasteiger partial charge in [0, 0.05) is 26.8 Å². The van der Waals surface area contributed by atoms with Crippen molar-refractivity contribution >= 4 is 28.9 Å². The molecule has 0 fully saturated rings. The van der Waals surface area contributed by atoms with Gasteiger partial charge < -0.3 is 21.5 Å². The predicted octanol–water partition coefficient (Wildman–Crippen LogP) is 1.08. The fraction of sp³-hybridized carbons (Fsp3) is 0.375. The minimum Gasteiger partial charge on any atom is -0.398 e. The second-order valence-electron chi connectivity index (χ2n) is 5.42. The highest BCUT2D eigenvalue weighted by molar-refractivity contribution is 6.31. The number of carbonyl (C=O) groups excluding carboxylic acids is 1. The number of primary amides is 1. The Morgan fingerprint density at radius 3 is 2.88 bits per heavy atom. The van der Waals surface area contributed by atoms with Crippen LogP contribution in [-0.4, -0.2) is 44.5 Å². The first kappa shape index (κ1) is 18.4. The van der Waals surface area contributed by atoms with E-state index in [9.17, 15) is 9.18 Å². The summed E-state index contributed by atoms with van der Waals surface area (Å²) in [7, 11) is 1.62. The lowest BCUT2D eigenvalue weighted by Gasteiger charge is -2.23. The molecule has 6 nitrogen and oxygen atoms in total. The molecule has 0 aromatic heterocycles. The van der Waals surface area contributed by atoms with E-state index in [2.05, 4.69) is 10.3 Å². The van der Waals surface area contributed by atoms with Crippen molar-refractivity contribution in [2.24, 2.45) is 16.5 Å². The molecule has 0 saturated heterocycles. The van der Waals surface area contributed by atoms with Crippen LogP contribution >= 0.6 is 11.6 Å². The minimum absolute atomic E-state index is 0.0346. The Morgan fingerprint density at radius 2 is 2.25 bits per heavy atom. The quantitative estimate of drug-likeness (QED) is 0.665. The highest BCUT2D eigenvalue weighted by atomic mass is 35.5. The minimum atomic E-state index is -0.694. The lowest BCUT2D eigenvalue weighted by Crippen LogP contribution is -2.40. The van der Waals surface area contributed by atoms with Crippen molar-refractivity contribution in [1.29, 1.82) is 0 Å². The summed E-state index contributed by atoms with van der Waals surface area (Å²) in [5, 5.41) is 3.10. The van der Waals surface area contributed by atoms with Crippen LogP contribution in [0.4, 0.5) is 4.39 Å². The summed E-state index contributed by atoms with van der Waals surface area (Å²) in [5.41, 5.74) is 12.7. The third-order valence-corrected chi connectivity index (χ3v) is 3.99. The summed E-state index contributed by atoms with van der Waals surface area (Å²) < 4.78 is 18.4. The molecule has 1 heterocycles. The first-order valence-corrected chi connectivity index (χ1v) is 7.83. The van der Waals surface area contributed by atoms with Gasteiger partial charge in [0.15, 0.2) is 0 Å². The number of ether oxygens (including phenoxy) is 1. The zero-order chi connectivity index (χ0) is 17.7. The molecule has 2 rings (SSSR count). The molecule has 0 aliphatic carbocycles. The zero-order valence-corrected chi connectivity index (χ0v) is 14.1. The van der Waals surface area contributed by atoms with Gasteiger partial charge in [0.2, 0.25) is 0 Å². The molecule has 130 valence electrons. The molecule has 1 atom stereocenters. The van der Waals surface area contributed by atoms with Crippen LogP contribution in [0, 0.1) is 5.82 Å². The van der Waals surface area contributed by atoms with Gasteiger partial charge in [-0.3, -0.25) is 9.79 Å². The van der Waals surface area contributed by atoms with Gasteiger partial charge in [-0.2, -0.15) is 0 Å². The van der Waals surface area contributed by atoms with E-state index >= 15 is 0 Å². The van der Waals surface area contributed by atoms with Crippen LogP contribution in [0.1, 0.15) is 12.0 Å². The van der Waals surface area contributed by atoms with Gasteiger partial charge in [-0.05, 0) is 30.2 Å². The van der Waals surface area contributed by atoms with Crippen LogP contribution < -0.4 is 16.8 Å². The number of aliphatic imine (C=N–C) groups is 1. The van der Waals surface area contributed by atoms with Gasteiger partial charge in [0.1, 0.15) is 5.82 Å². The normalized spacial score (nSPS) is 18.8. The lowest BCUT2D eigenvalue weighted by molar-refractivity contribution is -0.114. The largest absolute Gasteiger partial charge is 0.398 e. The molecule has 0 spiro atoms. The standard InChI is InChI=1S/C16H20ClFN4O2/c1-24-5-4-10-7-21-8-13(22-10)14(16(20)23)15(19)9-2-3-12(18)11(17)6-9/h2-3,6,10,21H,4-5,7-8,19H2,1H3,(H2,20,23). The van der Waals surface area contributed by atoms with Gasteiger partial charge in [-0.1, -0.05) is 11.6 Å². The molecule has 1 amide bonds. The first-order valence-electron chi connectivity index (χ1n) is 7.45. The molecular weight excluding hydrogens is 335 g/mol. The number of rotatable bonds is 6.